The van der Waals surface area contributed by atoms with Gasteiger partial charge in [0.05, 0.1) is 5.60 Å². The molecule has 1 aromatic rings. The van der Waals surface area contributed by atoms with Crippen molar-refractivity contribution in [3.05, 3.63) is 35.1 Å². The molecule has 1 aliphatic rings. The van der Waals surface area contributed by atoms with Crippen LogP contribution in [0.1, 0.15) is 44.2 Å². The molecule has 2 heteroatoms. The highest BCUT2D eigenvalue weighted by Gasteiger charge is 2.38. The minimum atomic E-state index is -0.769. The molecule has 2 atom stereocenters. The molecule has 0 amide bonds. The third kappa shape index (κ3) is 2.52. The van der Waals surface area contributed by atoms with Crippen LogP contribution in [0.25, 0.3) is 0 Å². The number of aliphatic hydroxyl groups is 1. The molecule has 1 nitrogen and oxygen atoms in total. The lowest BCUT2D eigenvalue weighted by Gasteiger charge is -2.40. The number of hydrogen-bond donors (Lipinski definition) is 1. The molecule has 0 saturated heterocycles. The topological polar surface area (TPSA) is 20.2 Å². The van der Waals surface area contributed by atoms with E-state index in [0.29, 0.717) is 11.8 Å². The summed E-state index contributed by atoms with van der Waals surface area (Å²) in [5, 5.41) is 10.8. The highest BCUT2D eigenvalue weighted by molar-refractivity contribution is 5.32. The van der Waals surface area contributed by atoms with Crippen molar-refractivity contribution >= 4 is 0 Å². The number of halogens is 1. The molecular formula is C15H21FO. The Morgan fingerprint density at radius 2 is 1.82 bits per heavy atom. The Morgan fingerprint density at radius 3 is 2.35 bits per heavy atom. The molecule has 1 aromatic carbocycles. The van der Waals surface area contributed by atoms with Crippen LogP contribution in [0.2, 0.25) is 0 Å². The summed E-state index contributed by atoms with van der Waals surface area (Å²) in [6, 6.07) is 4.71. The number of rotatable bonds is 1. The normalized spacial score (nSPS) is 33.7. The first-order chi connectivity index (χ1) is 7.90. The maximum Gasteiger partial charge on any atom is 0.123 e. The van der Waals surface area contributed by atoms with Gasteiger partial charge in [-0.05, 0) is 61.3 Å². The standard InChI is InChI=1S/C15H21FO/c1-10-6-11(2)9-15(17,8-10)14-5-4-13(16)7-12(14)3/h4-5,7,10-11,17H,6,8-9H2,1-3H3. The van der Waals surface area contributed by atoms with Gasteiger partial charge in [-0.1, -0.05) is 19.9 Å². The largest absolute Gasteiger partial charge is 0.385 e. The third-order valence-corrected chi connectivity index (χ3v) is 3.87. The Kier molecular flexibility index (Phi) is 3.26. The van der Waals surface area contributed by atoms with Crippen LogP contribution in [0.5, 0.6) is 0 Å². The van der Waals surface area contributed by atoms with Crippen LogP contribution in [0.3, 0.4) is 0 Å². The van der Waals surface area contributed by atoms with E-state index in [0.717, 1.165) is 24.0 Å². The summed E-state index contributed by atoms with van der Waals surface area (Å²) in [4.78, 5) is 0. The summed E-state index contributed by atoms with van der Waals surface area (Å²) in [5.41, 5.74) is 0.987. The molecule has 17 heavy (non-hydrogen) atoms. The summed E-state index contributed by atoms with van der Waals surface area (Å²) in [5.74, 6) is 0.813. The van der Waals surface area contributed by atoms with Crippen LogP contribution < -0.4 is 0 Å². The molecule has 0 aromatic heterocycles. The van der Waals surface area contributed by atoms with E-state index >= 15 is 0 Å². The fourth-order valence-corrected chi connectivity index (χ4v) is 3.46. The maximum absolute atomic E-state index is 13.1. The monoisotopic (exact) mass is 236 g/mol. The Balaban J connectivity index is 2.36. The molecule has 0 radical (unpaired) electrons. The van der Waals surface area contributed by atoms with Crippen molar-refractivity contribution in [2.45, 2.75) is 45.6 Å². The van der Waals surface area contributed by atoms with Gasteiger partial charge in [0.1, 0.15) is 5.82 Å². The molecule has 2 rings (SSSR count). The van der Waals surface area contributed by atoms with E-state index in [1.807, 2.05) is 6.92 Å². The van der Waals surface area contributed by atoms with E-state index in [2.05, 4.69) is 13.8 Å². The Hall–Kier alpha value is -0.890. The summed E-state index contributed by atoms with van der Waals surface area (Å²) in [7, 11) is 0. The minimum Gasteiger partial charge on any atom is -0.385 e. The van der Waals surface area contributed by atoms with Crippen molar-refractivity contribution < 1.29 is 9.50 Å². The number of aryl methyl sites for hydroxylation is 1. The van der Waals surface area contributed by atoms with Crippen molar-refractivity contribution in [2.75, 3.05) is 0 Å². The Labute approximate surface area is 103 Å². The number of benzene rings is 1. The zero-order chi connectivity index (χ0) is 12.6. The van der Waals surface area contributed by atoms with Crippen molar-refractivity contribution in [3.8, 4) is 0 Å². The first kappa shape index (κ1) is 12.6. The van der Waals surface area contributed by atoms with Crippen molar-refractivity contribution in [3.63, 3.8) is 0 Å². The van der Waals surface area contributed by atoms with Crippen molar-refractivity contribution in [1.29, 1.82) is 0 Å². The predicted molar refractivity (Wildman–Crippen MR) is 67.2 cm³/mol. The van der Waals surface area contributed by atoms with E-state index in [1.165, 1.54) is 18.6 Å². The van der Waals surface area contributed by atoms with Gasteiger partial charge in [-0.3, -0.25) is 0 Å². The van der Waals surface area contributed by atoms with Crippen LogP contribution in [-0.4, -0.2) is 5.11 Å². The second kappa shape index (κ2) is 4.41. The predicted octanol–water partition coefficient (Wildman–Crippen LogP) is 3.78. The highest BCUT2D eigenvalue weighted by Crippen LogP contribution is 2.43. The van der Waals surface area contributed by atoms with E-state index in [-0.39, 0.29) is 5.82 Å². The second-order valence-corrected chi connectivity index (χ2v) is 5.85. The Morgan fingerprint density at radius 1 is 1.24 bits per heavy atom. The lowest BCUT2D eigenvalue weighted by molar-refractivity contribution is -0.0367. The van der Waals surface area contributed by atoms with Crippen LogP contribution in [0.4, 0.5) is 4.39 Å². The van der Waals surface area contributed by atoms with Gasteiger partial charge >= 0.3 is 0 Å². The van der Waals surface area contributed by atoms with E-state index < -0.39 is 5.60 Å². The lowest BCUT2D eigenvalue weighted by Crippen LogP contribution is -2.36. The molecule has 0 spiro atoms. The Bertz CT molecular complexity index is 403. The van der Waals surface area contributed by atoms with Gasteiger partial charge in [0.2, 0.25) is 0 Å². The van der Waals surface area contributed by atoms with Gasteiger partial charge in [-0.2, -0.15) is 0 Å². The molecule has 0 heterocycles. The van der Waals surface area contributed by atoms with Crippen molar-refractivity contribution in [1.82, 2.24) is 0 Å². The van der Waals surface area contributed by atoms with Crippen LogP contribution in [0.15, 0.2) is 18.2 Å². The van der Waals surface area contributed by atoms with Gasteiger partial charge in [-0.15, -0.1) is 0 Å². The van der Waals surface area contributed by atoms with Gasteiger partial charge in [0.25, 0.3) is 0 Å². The minimum absolute atomic E-state index is 0.230. The second-order valence-electron chi connectivity index (χ2n) is 5.85. The first-order valence-electron chi connectivity index (χ1n) is 6.40. The lowest BCUT2D eigenvalue weighted by atomic mass is 9.70. The molecule has 0 aliphatic heterocycles. The van der Waals surface area contributed by atoms with Gasteiger partial charge in [-0.25, -0.2) is 4.39 Å². The third-order valence-electron chi connectivity index (χ3n) is 3.87. The molecule has 0 bridgehead atoms. The molecule has 94 valence electrons. The summed E-state index contributed by atoms with van der Waals surface area (Å²) in [6.07, 6.45) is 2.73. The quantitative estimate of drug-likeness (QED) is 0.786. The smallest absolute Gasteiger partial charge is 0.123 e. The zero-order valence-corrected chi connectivity index (χ0v) is 10.8. The number of hydrogen-bond acceptors (Lipinski definition) is 1. The molecule has 1 N–H and O–H groups in total. The zero-order valence-electron chi connectivity index (χ0n) is 10.8. The summed E-state index contributed by atoms with van der Waals surface area (Å²) < 4.78 is 13.1. The SMILES string of the molecule is Cc1cc(F)ccc1C1(O)CC(C)CC(C)C1. The van der Waals surface area contributed by atoms with Crippen LogP contribution in [-0.2, 0) is 5.60 Å². The van der Waals surface area contributed by atoms with Gasteiger partial charge in [0, 0.05) is 0 Å². The fraction of sp³-hybridized carbons (Fsp3) is 0.600. The van der Waals surface area contributed by atoms with Crippen molar-refractivity contribution in [2.24, 2.45) is 11.8 Å². The van der Waals surface area contributed by atoms with E-state index in [4.69, 9.17) is 0 Å². The van der Waals surface area contributed by atoms with Crippen LogP contribution in [0, 0.1) is 24.6 Å². The van der Waals surface area contributed by atoms with Crippen LogP contribution >= 0.6 is 0 Å². The average molecular weight is 236 g/mol. The van der Waals surface area contributed by atoms with Gasteiger partial charge in [0.15, 0.2) is 0 Å². The molecule has 1 aliphatic carbocycles. The molecule has 1 saturated carbocycles. The average Bonchev–Trinajstić information content (AvgIpc) is 2.13. The summed E-state index contributed by atoms with van der Waals surface area (Å²) >= 11 is 0. The summed E-state index contributed by atoms with van der Waals surface area (Å²) in [6.45, 7) is 6.24. The maximum atomic E-state index is 13.1. The highest BCUT2D eigenvalue weighted by atomic mass is 19.1. The van der Waals surface area contributed by atoms with E-state index in [9.17, 15) is 9.50 Å². The van der Waals surface area contributed by atoms with Gasteiger partial charge < -0.3 is 5.11 Å². The molecular weight excluding hydrogens is 215 g/mol. The molecule has 1 fully saturated rings. The fourth-order valence-electron chi connectivity index (χ4n) is 3.46. The molecule has 2 unspecified atom stereocenters. The van der Waals surface area contributed by atoms with E-state index in [1.54, 1.807) is 6.07 Å². The first-order valence-corrected chi connectivity index (χ1v) is 6.40.